The predicted octanol–water partition coefficient (Wildman–Crippen LogP) is 1.69. The van der Waals surface area contributed by atoms with Gasteiger partial charge in [-0.3, -0.25) is 9.80 Å². The molecule has 118 valence electrons. The van der Waals surface area contributed by atoms with Gasteiger partial charge in [-0.15, -0.1) is 0 Å². The van der Waals surface area contributed by atoms with Crippen LogP contribution in [0.25, 0.3) is 0 Å². The molecule has 0 aromatic heterocycles. The zero-order valence-electron chi connectivity index (χ0n) is 13.6. The molecular weight excluding hydrogens is 250 g/mol. The maximum Gasteiger partial charge on any atom is 0.0572 e. The molecule has 0 aromatic carbocycles. The van der Waals surface area contributed by atoms with E-state index in [0.717, 1.165) is 25.7 Å². The average molecular weight is 283 g/mol. The molecule has 0 aromatic rings. The fourth-order valence-corrected chi connectivity index (χ4v) is 4.22. The van der Waals surface area contributed by atoms with Crippen molar-refractivity contribution >= 4 is 0 Å². The first-order valence-electron chi connectivity index (χ1n) is 8.41. The summed E-state index contributed by atoms with van der Waals surface area (Å²) < 4.78 is 5.52. The van der Waals surface area contributed by atoms with Crippen LogP contribution in [0.1, 0.15) is 46.0 Å². The summed E-state index contributed by atoms with van der Waals surface area (Å²) in [5.41, 5.74) is 6.44. The lowest BCUT2D eigenvalue weighted by atomic mass is 9.79. The molecule has 20 heavy (non-hydrogen) atoms. The van der Waals surface area contributed by atoms with Gasteiger partial charge in [0.1, 0.15) is 0 Å². The van der Waals surface area contributed by atoms with Gasteiger partial charge in [-0.25, -0.2) is 0 Å². The van der Waals surface area contributed by atoms with E-state index < -0.39 is 0 Å². The highest BCUT2D eigenvalue weighted by molar-refractivity contribution is 5.00. The van der Waals surface area contributed by atoms with E-state index in [4.69, 9.17) is 10.5 Å². The number of ether oxygens (including phenoxy) is 1. The van der Waals surface area contributed by atoms with Crippen LogP contribution in [0.4, 0.5) is 0 Å². The van der Waals surface area contributed by atoms with E-state index in [1.54, 1.807) is 0 Å². The molecule has 0 bridgehead atoms. The zero-order valence-corrected chi connectivity index (χ0v) is 13.6. The number of nitrogens with two attached hydrogens (primary N) is 1. The Balaban J connectivity index is 1.96. The summed E-state index contributed by atoms with van der Waals surface area (Å²) in [4.78, 5) is 5.30. The highest BCUT2D eigenvalue weighted by Gasteiger charge is 2.42. The maximum absolute atomic E-state index is 6.20. The molecule has 1 saturated carbocycles. The van der Waals surface area contributed by atoms with Gasteiger partial charge in [0.25, 0.3) is 0 Å². The fourth-order valence-electron chi connectivity index (χ4n) is 4.22. The number of hydrogen-bond donors (Lipinski definition) is 1. The third kappa shape index (κ3) is 3.19. The second-order valence-corrected chi connectivity index (χ2v) is 6.47. The molecule has 1 heterocycles. The van der Waals surface area contributed by atoms with E-state index in [2.05, 4.69) is 23.6 Å². The lowest BCUT2D eigenvalue weighted by Gasteiger charge is -2.46. The number of methoxy groups -OCH3 is 1. The van der Waals surface area contributed by atoms with Crippen LogP contribution in [0.5, 0.6) is 0 Å². The Hall–Kier alpha value is -0.160. The van der Waals surface area contributed by atoms with E-state index in [-0.39, 0.29) is 5.54 Å². The first-order chi connectivity index (χ1) is 9.69. The van der Waals surface area contributed by atoms with Crippen molar-refractivity contribution < 1.29 is 4.74 Å². The van der Waals surface area contributed by atoms with Crippen molar-refractivity contribution in [2.75, 3.05) is 39.8 Å². The first kappa shape index (κ1) is 16.2. The lowest BCUT2D eigenvalue weighted by Crippen LogP contribution is -2.56. The molecular formula is C16H33N3O. The van der Waals surface area contributed by atoms with Crippen molar-refractivity contribution in [1.82, 2.24) is 9.80 Å². The van der Waals surface area contributed by atoms with Crippen LogP contribution in [0, 0.1) is 0 Å². The quantitative estimate of drug-likeness (QED) is 0.805. The Labute approximate surface area is 124 Å². The maximum atomic E-state index is 6.20. The van der Waals surface area contributed by atoms with Gasteiger partial charge in [-0.05, 0) is 45.2 Å². The fraction of sp³-hybridized carbons (Fsp3) is 1.00. The number of likely N-dealkylation sites (N-methyl/N-ethyl adjacent to an activating group) is 1. The molecule has 2 aliphatic rings. The van der Waals surface area contributed by atoms with E-state index >= 15 is 0 Å². The van der Waals surface area contributed by atoms with Gasteiger partial charge in [0.05, 0.1) is 6.10 Å². The van der Waals surface area contributed by atoms with Crippen molar-refractivity contribution in [2.45, 2.75) is 63.6 Å². The van der Waals surface area contributed by atoms with Crippen molar-refractivity contribution in [2.24, 2.45) is 5.73 Å². The molecule has 1 aliphatic heterocycles. The van der Waals surface area contributed by atoms with Crippen molar-refractivity contribution in [3.8, 4) is 0 Å². The largest absolute Gasteiger partial charge is 0.381 e. The second kappa shape index (κ2) is 7.21. The first-order valence-corrected chi connectivity index (χ1v) is 8.41. The minimum Gasteiger partial charge on any atom is -0.381 e. The van der Waals surface area contributed by atoms with Crippen molar-refractivity contribution in [1.29, 1.82) is 0 Å². The summed E-state index contributed by atoms with van der Waals surface area (Å²) in [6, 6.07) is 0.730. The molecule has 0 radical (unpaired) electrons. The third-order valence-electron chi connectivity index (χ3n) is 5.74. The molecule has 0 amide bonds. The molecule has 4 nitrogen and oxygen atoms in total. The number of hydrogen-bond acceptors (Lipinski definition) is 4. The monoisotopic (exact) mass is 283 g/mol. The predicted molar refractivity (Wildman–Crippen MR) is 83.9 cm³/mol. The SMILES string of the molecule is CCN(CC)C1CCN(C2(CN)CCC(OC)CC2)C1. The third-order valence-corrected chi connectivity index (χ3v) is 5.74. The summed E-state index contributed by atoms with van der Waals surface area (Å²) in [7, 11) is 1.84. The van der Waals surface area contributed by atoms with Gasteiger partial charge in [-0.1, -0.05) is 13.8 Å². The Kier molecular flexibility index (Phi) is 5.84. The van der Waals surface area contributed by atoms with Crippen LogP contribution in [0.2, 0.25) is 0 Å². The molecule has 1 saturated heterocycles. The van der Waals surface area contributed by atoms with Gasteiger partial charge >= 0.3 is 0 Å². The highest BCUT2D eigenvalue weighted by Crippen LogP contribution is 2.36. The normalized spacial score (nSPS) is 35.9. The van der Waals surface area contributed by atoms with Gasteiger partial charge in [0.15, 0.2) is 0 Å². The summed E-state index contributed by atoms with van der Waals surface area (Å²) in [5, 5.41) is 0. The smallest absolute Gasteiger partial charge is 0.0572 e. The minimum absolute atomic E-state index is 0.247. The minimum atomic E-state index is 0.247. The molecule has 1 aliphatic carbocycles. The Morgan fingerprint density at radius 3 is 2.35 bits per heavy atom. The topological polar surface area (TPSA) is 41.7 Å². The summed E-state index contributed by atoms with van der Waals surface area (Å²) >= 11 is 0. The summed E-state index contributed by atoms with van der Waals surface area (Å²) in [6.07, 6.45) is 6.49. The standard InChI is InChI=1S/C16H33N3O/c1-4-18(5-2)14-8-11-19(12-14)16(13-17)9-6-15(20-3)7-10-16/h14-15H,4-13,17H2,1-3H3. The summed E-state index contributed by atoms with van der Waals surface area (Å²) in [6.45, 7) is 10.1. The van der Waals surface area contributed by atoms with Crippen LogP contribution in [-0.2, 0) is 4.74 Å². The molecule has 1 unspecified atom stereocenters. The van der Waals surface area contributed by atoms with Crippen LogP contribution >= 0.6 is 0 Å². The molecule has 2 N–H and O–H groups in total. The average Bonchev–Trinajstić information content (AvgIpc) is 2.99. The van der Waals surface area contributed by atoms with Crippen LogP contribution in [0.15, 0.2) is 0 Å². The molecule has 2 fully saturated rings. The van der Waals surface area contributed by atoms with Crippen LogP contribution < -0.4 is 5.73 Å². The number of likely N-dealkylation sites (tertiary alicyclic amines) is 1. The second-order valence-electron chi connectivity index (χ2n) is 6.47. The summed E-state index contributed by atoms with van der Waals surface area (Å²) in [5.74, 6) is 0. The Morgan fingerprint density at radius 1 is 1.20 bits per heavy atom. The van der Waals surface area contributed by atoms with Crippen LogP contribution in [-0.4, -0.2) is 67.3 Å². The van der Waals surface area contributed by atoms with E-state index in [1.807, 2.05) is 7.11 Å². The van der Waals surface area contributed by atoms with Gasteiger partial charge in [0, 0.05) is 38.3 Å². The molecule has 0 spiro atoms. The Morgan fingerprint density at radius 2 is 1.85 bits per heavy atom. The molecule has 2 rings (SSSR count). The molecule has 1 atom stereocenters. The van der Waals surface area contributed by atoms with E-state index in [1.165, 1.54) is 45.2 Å². The lowest BCUT2D eigenvalue weighted by molar-refractivity contribution is -0.000135. The van der Waals surface area contributed by atoms with Gasteiger partial charge < -0.3 is 10.5 Å². The zero-order chi connectivity index (χ0) is 14.6. The van der Waals surface area contributed by atoms with Crippen molar-refractivity contribution in [3.05, 3.63) is 0 Å². The van der Waals surface area contributed by atoms with E-state index in [9.17, 15) is 0 Å². The molecule has 4 heteroatoms. The Bertz CT molecular complexity index is 285. The van der Waals surface area contributed by atoms with Gasteiger partial charge in [-0.2, -0.15) is 0 Å². The van der Waals surface area contributed by atoms with Crippen LogP contribution in [0.3, 0.4) is 0 Å². The van der Waals surface area contributed by atoms with E-state index in [0.29, 0.717) is 6.10 Å². The number of nitrogens with zero attached hydrogens (tertiary/aromatic N) is 2. The number of rotatable bonds is 6. The highest BCUT2D eigenvalue weighted by atomic mass is 16.5. The van der Waals surface area contributed by atoms with Crippen molar-refractivity contribution in [3.63, 3.8) is 0 Å². The van der Waals surface area contributed by atoms with Gasteiger partial charge in [0.2, 0.25) is 0 Å².